The summed E-state index contributed by atoms with van der Waals surface area (Å²) in [7, 11) is 0. The Morgan fingerprint density at radius 1 is 1.05 bits per heavy atom. The van der Waals surface area contributed by atoms with E-state index in [-0.39, 0.29) is 6.04 Å². The molecule has 100 valence electrons. The smallest absolute Gasteiger partial charge is 0.115 e. The summed E-state index contributed by atoms with van der Waals surface area (Å²) in [5, 5.41) is 3.60. The van der Waals surface area contributed by atoms with Crippen molar-refractivity contribution in [3.05, 3.63) is 60.2 Å². The molecule has 0 aliphatic rings. The third kappa shape index (κ3) is 3.61. The zero-order chi connectivity index (χ0) is 13.5. The van der Waals surface area contributed by atoms with Crippen LogP contribution in [0.4, 0.5) is 0 Å². The second kappa shape index (κ2) is 7.00. The summed E-state index contributed by atoms with van der Waals surface area (Å²) in [4.78, 5) is 8.28. The summed E-state index contributed by atoms with van der Waals surface area (Å²) in [5.74, 6) is 0.388. The largest absolute Gasteiger partial charge is 0.309 e. The van der Waals surface area contributed by atoms with Gasteiger partial charge in [-0.3, -0.25) is 0 Å². The highest BCUT2D eigenvalue weighted by molar-refractivity contribution is 5.24. The number of hydrogen-bond donors (Lipinski definition) is 1. The second-order valence-electron chi connectivity index (χ2n) is 4.80. The van der Waals surface area contributed by atoms with Gasteiger partial charge in [-0.15, -0.1) is 0 Å². The lowest BCUT2D eigenvalue weighted by Crippen LogP contribution is -2.27. The van der Waals surface area contributed by atoms with E-state index in [9.17, 15) is 0 Å². The van der Waals surface area contributed by atoms with E-state index in [1.807, 2.05) is 12.4 Å². The molecule has 0 bridgehead atoms. The first kappa shape index (κ1) is 13.7. The van der Waals surface area contributed by atoms with E-state index in [0.29, 0.717) is 5.92 Å². The summed E-state index contributed by atoms with van der Waals surface area (Å²) in [5.41, 5.74) is 2.48. The SMILES string of the molecule is CCCNC(c1cncnc1)C(C)c1ccccc1. The molecule has 0 saturated carbocycles. The lowest BCUT2D eigenvalue weighted by Gasteiger charge is -2.25. The van der Waals surface area contributed by atoms with Crippen LogP contribution in [0.15, 0.2) is 49.1 Å². The molecule has 2 atom stereocenters. The van der Waals surface area contributed by atoms with Gasteiger partial charge in [-0.1, -0.05) is 44.2 Å². The zero-order valence-corrected chi connectivity index (χ0v) is 11.6. The van der Waals surface area contributed by atoms with Gasteiger partial charge in [0.15, 0.2) is 0 Å². The minimum Gasteiger partial charge on any atom is -0.309 e. The van der Waals surface area contributed by atoms with Crippen LogP contribution in [0.2, 0.25) is 0 Å². The van der Waals surface area contributed by atoms with Gasteiger partial charge in [0, 0.05) is 29.9 Å². The minimum atomic E-state index is 0.253. The summed E-state index contributed by atoms with van der Waals surface area (Å²) in [6.07, 6.45) is 6.50. The fourth-order valence-corrected chi connectivity index (χ4v) is 2.30. The van der Waals surface area contributed by atoms with Crippen molar-refractivity contribution in [2.24, 2.45) is 0 Å². The summed E-state index contributed by atoms with van der Waals surface area (Å²) < 4.78 is 0. The molecule has 19 heavy (non-hydrogen) atoms. The Morgan fingerprint density at radius 2 is 1.74 bits per heavy atom. The molecule has 2 rings (SSSR count). The van der Waals surface area contributed by atoms with Gasteiger partial charge >= 0.3 is 0 Å². The average Bonchev–Trinajstić information content (AvgIpc) is 2.49. The van der Waals surface area contributed by atoms with Crippen LogP contribution in [-0.2, 0) is 0 Å². The molecular formula is C16H21N3. The summed E-state index contributed by atoms with van der Waals surface area (Å²) >= 11 is 0. The molecule has 1 aromatic carbocycles. The Morgan fingerprint density at radius 3 is 2.37 bits per heavy atom. The maximum absolute atomic E-state index is 4.14. The predicted molar refractivity (Wildman–Crippen MR) is 77.9 cm³/mol. The van der Waals surface area contributed by atoms with Crippen LogP contribution >= 0.6 is 0 Å². The van der Waals surface area contributed by atoms with Crippen molar-refractivity contribution >= 4 is 0 Å². The molecule has 1 heterocycles. The fraction of sp³-hybridized carbons (Fsp3) is 0.375. The van der Waals surface area contributed by atoms with Crippen molar-refractivity contribution in [1.82, 2.24) is 15.3 Å². The molecule has 3 nitrogen and oxygen atoms in total. The maximum Gasteiger partial charge on any atom is 0.115 e. The van der Waals surface area contributed by atoms with Crippen molar-refractivity contribution in [2.45, 2.75) is 32.2 Å². The molecule has 0 radical (unpaired) electrons. The van der Waals surface area contributed by atoms with E-state index < -0.39 is 0 Å². The van der Waals surface area contributed by atoms with Gasteiger partial charge in [0.25, 0.3) is 0 Å². The van der Waals surface area contributed by atoms with E-state index in [4.69, 9.17) is 0 Å². The van der Waals surface area contributed by atoms with Crippen molar-refractivity contribution in [3.63, 3.8) is 0 Å². The van der Waals surface area contributed by atoms with Gasteiger partial charge in [-0.05, 0) is 18.5 Å². The monoisotopic (exact) mass is 255 g/mol. The van der Waals surface area contributed by atoms with Crippen molar-refractivity contribution in [3.8, 4) is 0 Å². The lowest BCUT2D eigenvalue weighted by molar-refractivity contribution is 0.464. The third-order valence-electron chi connectivity index (χ3n) is 3.38. The van der Waals surface area contributed by atoms with E-state index in [1.165, 1.54) is 5.56 Å². The molecule has 0 amide bonds. The van der Waals surface area contributed by atoms with Crippen LogP contribution < -0.4 is 5.32 Å². The van der Waals surface area contributed by atoms with Gasteiger partial charge in [0.1, 0.15) is 6.33 Å². The number of rotatable bonds is 6. The van der Waals surface area contributed by atoms with Crippen LogP contribution in [0.5, 0.6) is 0 Å². The molecule has 0 aliphatic heterocycles. The van der Waals surface area contributed by atoms with Gasteiger partial charge in [-0.25, -0.2) is 9.97 Å². The Balaban J connectivity index is 2.22. The van der Waals surface area contributed by atoms with E-state index in [0.717, 1.165) is 18.5 Å². The van der Waals surface area contributed by atoms with Gasteiger partial charge in [0.2, 0.25) is 0 Å². The van der Waals surface area contributed by atoms with E-state index in [2.05, 4.69) is 59.5 Å². The number of nitrogens with zero attached hydrogens (tertiary/aromatic N) is 2. The molecule has 2 unspecified atom stereocenters. The fourth-order valence-electron chi connectivity index (χ4n) is 2.30. The molecular weight excluding hydrogens is 234 g/mol. The Labute approximate surface area is 115 Å². The highest BCUT2D eigenvalue weighted by Gasteiger charge is 2.20. The van der Waals surface area contributed by atoms with Crippen molar-refractivity contribution in [2.75, 3.05) is 6.54 Å². The molecule has 0 aliphatic carbocycles. The Kier molecular flexibility index (Phi) is 5.04. The van der Waals surface area contributed by atoms with Gasteiger partial charge in [0.05, 0.1) is 0 Å². The standard InChI is InChI=1S/C16H21N3/c1-3-9-19-16(15-10-17-12-18-11-15)13(2)14-7-5-4-6-8-14/h4-8,10-13,16,19H,3,9H2,1-2H3. The van der Waals surface area contributed by atoms with Crippen LogP contribution in [-0.4, -0.2) is 16.5 Å². The van der Waals surface area contributed by atoms with Gasteiger partial charge in [-0.2, -0.15) is 0 Å². The lowest BCUT2D eigenvalue weighted by atomic mass is 9.89. The number of hydrogen-bond acceptors (Lipinski definition) is 3. The van der Waals surface area contributed by atoms with Crippen molar-refractivity contribution < 1.29 is 0 Å². The third-order valence-corrected chi connectivity index (χ3v) is 3.38. The second-order valence-corrected chi connectivity index (χ2v) is 4.80. The number of aromatic nitrogens is 2. The average molecular weight is 255 g/mol. The molecule has 2 aromatic rings. The molecule has 1 N–H and O–H groups in total. The topological polar surface area (TPSA) is 37.8 Å². The minimum absolute atomic E-state index is 0.253. The number of nitrogens with one attached hydrogen (secondary N) is 1. The quantitative estimate of drug-likeness (QED) is 0.860. The van der Waals surface area contributed by atoms with E-state index >= 15 is 0 Å². The summed E-state index contributed by atoms with van der Waals surface area (Å²) in [6, 6.07) is 10.8. The highest BCUT2D eigenvalue weighted by Crippen LogP contribution is 2.29. The van der Waals surface area contributed by atoms with Crippen LogP contribution in [0.25, 0.3) is 0 Å². The molecule has 0 saturated heterocycles. The first-order chi connectivity index (χ1) is 9.33. The number of benzene rings is 1. The van der Waals surface area contributed by atoms with Crippen LogP contribution in [0.3, 0.4) is 0 Å². The first-order valence-corrected chi connectivity index (χ1v) is 6.86. The first-order valence-electron chi connectivity index (χ1n) is 6.86. The normalized spacial score (nSPS) is 14.0. The molecule has 1 aromatic heterocycles. The molecule has 0 spiro atoms. The maximum atomic E-state index is 4.14. The summed E-state index contributed by atoms with van der Waals surface area (Å²) in [6.45, 7) is 5.42. The Bertz CT molecular complexity index is 470. The van der Waals surface area contributed by atoms with Crippen LogP contribution in [0.1, 0.15) is 43.4 Å². The van der Waals surface area contributed by atoms with Crippen LogP contribution in [0, 0.1) is 0 Å². The highest BCUT2D eigenvalue weighted by atomic mass is 14.9. The Hall–Kier alpha value is -1.74. The molecule has 3 heteroatoms. The van der Waals surface area contributed by atoms with Crippen molar-refractivity contribution in [1.29, 1.82) is 0 Å². The zero-order valence-electron chi connectivity index (χ0n) is 11.6. The van der Waals surface area contributed by atoms with Gasteiger partial charge < -0.3 is 5.32 Å². The predicted octanol–water partition coefficient (Wildman–Crippen LogP) is 3.32. The molecule has 0 fully saturated rings. The van der Waals surface area contributed by atoms with E-state index in [1.54, 1.807) is 6.33 Å².